The van der Waals surface area contributed by atoms with Gasteiger partial charge in [-0.3, -0.25) is 0 Å². The topological polar surface area (TPSA) is 4.93 Å². The van der Waals surface area contributed by atoms with Crippen molar-refractivity contribution in [3.8, 4) is 39.1 Å². The highest BCUT2D eigenvalue weighted by molar-refractivity contribution is 6.10. The molecule has 1 aromatic heterocycles. The number of benzene rings is 10. The van der Waals surface area contributed by atoms with Crippen molar-refractivity contribution in [3.63, 3.8) is 0 Å². The molecule has 0 fully saturated rings. The van der Waals surface area contributed by atoms with E-state index in [0.29, 0.717) is 0 Å². The van der Waals surface area contributed by atoms with Gasteiger partial charge >= 0.3 is 0 Å². The molecule has 1 heterocycles. The number of aromatic nitrogens is 1. The lowest BCUT2D eigenvalue weighted by molar-refractivity contribution is 0.765. The first-order valence-corrected chi connectivity index (χ1v) is 22.0. The summed E-state index contributed by atoms with van der Waals surface area (Å²) in [5, 5.41) is 2.51. The largest absolute Gasteiger partial charge is 0.309 e. The number of hydrogen-bond donors (Lipinski definition) is 0. The molecule has 1 aliphatic rings. The highest BCUT2D eigenvalue weighted by atomic mass is 15.0. The zero-order valence-electron chi connectivity index (χ0n) is 34.8. The number of fused-ring (bicyclic) bond motifs is 6. The van der Waals surface area contributed by atoms with Gasteiger partial charge in [-0.2, -0.15) is 0 Å². The second-order valence-electron chi connectivity index (χ2n) is 16.8. The standard InChI is InChI=1S/C62H43N/c1-5-20-43(21-6-1)61(47-36-38-53-52-31-15-17-34-57(52)62(58(53)42-47,48-24-7-2-8-25-48)49-26-9-3-10-27-49)55-33-14-13-30-51(55)46-23-19-22-44(40-46)45-37-39-60-56(41-45)54-32-16-18-35-59(54)63(60)50-28-11-4-12-29-50/h1-42,61H. The van der Waals surface area contributed by atoms with E-state index >= 15 is 0 Å². The third kappa shape index (κ3) is 5.92. The Morgan fingerprint density at radius 2 is 0.889 bits per heavy atom. The first kappa shape index (κ1) is 36.8. The second kappa shape index (κ2) is 15.2. The van der Waals surface area contributed by atoms with Gasteiger partial charge in [0.15, 0.2) is 0 Å². The fourth-order valence-corrected chi connectivity index (χ4v) is 10.7. The molecule has 11 aromatic rings. The van der Waals surface area contributed by atoms with E-state index in [4.69, 9.17) is 0 Å². The molecular formula is C62H43N. The third-order valence-electron chi connectivity index (χ3n) is 13.4. The summed E-state index contributed by atoms with van der Waals surface area (Å²) in [4.78, 5) is 0. The summed E-state index contributed by atoms with van der Waals surface area (Å²) < 4.78 is 2.38. The van der Waals surface area contributed by atoms with E-state index in [0.717, 1.165) is 0 Å². The average molecular weight is 802 g/mol. The van der Waals surface area contributed by atoms with Gasteiger partial charge < -0.3 is 4.57 Å². The Kier molecular flexibility index (Phi) is 8.86. The van der Waals surface area contributed by atoms with Crippen molar-refractivity contribution >= 4 is 21.8 Å². The molecule has 12 rings (SSSR count). The van der Waals surface area contributed by atoms with Crippen LogP contribution in [0.2, 0.25) is 0 Å². The molecule has 0 aliphatic heterocycles. The van der Waals surface area contributed by atoms with Gasteiger partial charge in [-0.05, 0) is 109 Å². The van der Waals surface area contributed by atoms with Crippen LogP contribution in [0.25, 0.3) is 60.9 Å². The molecule has 10 aromatic carbocycles. The van der Waals surface area contributed by atoms with Gasteiger partial charge in [0.2, 0.25) is 0 Å². The lowest BCUT2D eigenvalue weighted by Gasteiger charge is -2.34. The van der Waals surface area contributed by atoms with Gasteiger partial charge in [-0.25, -0.2) is 0 Å². The Morgan fingerprint density at radius 1 is 0.317 bits per heavy atom. The fourth-order valence-electron chi connectivity index (χ4n) is 10.7. The Hall–Kier alpha value is -8.00. The van der Waals surface area contributed by atoms with Crippen LogP contribution >= 0.6 is 0 Å². The van der Waals surface area contributed by atoms with Crippen molar-refractivity contribution in [2.45, 2.75) is 11.3 Å². The van der Waals surface area contributed by atoms with Crippen molar-refractivity contribution < 1.29 is 0 Å². The van der Waals surface area contributed by atoms with Crippen LogP contribution in [-0.4, -0.2) is 4.57 Å². The molecule has 0 saturated carbocycles. The van der Waals surface area contributed by atoms with Crippen LogP contribution in [-0.2, 0) is 5.41 Å². The summed E-state index contributed by atoms with van der Waals surface area (Å²) in [6, 6.07) is 94.2. The van der Waals surface area contributed by atoms with Crippen molar-refractivity contribution in [1.82, 2.24) is 4.57 Å². The SMILES string of the molecule is c1ccc(C(c2ccc3c(c2)C(c2ccccc2)(c2ccccc2)c2ccccc2-3)c2ccccc2-c2cccc(-c3ccc4c(c3)c3ccccc3n4-c3ccccc3)c2)cc1. The van der Waals surface area contributed by atoms with Gasteiger partial charge in [-0.1, -0.05) is 218 Å². The van der Waals surface area contributed by atoms with Crippen LogP contribution in [0.15, 0.2) is 255 Å². The van der Waals surface area contributed by atoms with E-state index in [9.17, 15) is 0 Å². The highest BCUT2D eigenvalue weighted by Crippen LogP contribution is 2.57. The van der Waals surface area contributed by atoms with E-state index in [1.165, 1.54) is 99.8 Å². The zero-order chi connectivity index (χ0) is 41.7. The van der Waals surface area contributed by atoms with Gasteiger partial charge in [0.05, 0.1) is 16.4 Å². The minimum atomic E-state index is -0.478. The molecule has 0 amide bonds. The summed E-state index contributed by atoms with van der Waals surface area (Å²) >= 11 is 0. The second-order valence-corrected chi connectivity index (χ2v) is 16.8. The van der Waals surface area contributed by atoms with Crippen molar-refractivity contribution in [3.05, 3.63) is 294 Å². The van der Waals surface area contributed by atoms with Crippen LogP contribution < -0.4 is 0 Å². The van der Waals surface area contributed by atoms with E-state index in [2.05, 4.69) is 259 Å². The van der Waals surface area contributed by atoms with Crippen LogP contribution in [0.1, 0.15) is 44.9 Å². The normalized spacial score (nSPS) is 13.1. The van der Waals surface area contributed by atoms with Gasteiger partial charge in [0.1, 0.15) is 0 Å². The van der Waals surface area contributed by atoms with E-state index in [1.54, 1.807) is 0 Å². The molecule has 0 spiro atoms. The molecule has 1 unspecified atom stereocenters. The molecule has 0 N–H and O–H groups in total. The lowest BCUT2D eigenvalue weighted by atomic mass is 9.67. The predicted octanol–water partition coefficient (Wildman–Crippen LogP) is 15.7. The molecule has 0 radical (unpaired) electrons. The maximum atomic E-state index is 2.53. The van der Waals surface area contributed by atoms with Gasteiger partial charge in [-0.15, -0.1) is 0 Å². The van der Waals surface area contributed by atoms with Crippen molar-refractivity contribution in [1.29, 1.82) is 0 Å². The molecule has 1 heteroatoms. The molecule has 1 atom stereocenters. The van der Waals surface area contributed by atoms with Crippen LogP contribution in [0.3, 0.4) is 0 Å². The van der Waals surface area contributed by atoms with E-state index in [1.807, 2.05) is 0 Å². The summed E-state index contributed by atoms with van der Waals surface area (Å²) in [6.07, 6.45) is 0. The van der Waals surface area contributed by atoms with Gasteiger partial charge in [0.25, 0.3) is 0 Å². The van der Waals surface area contributed by atoms with Crippen molar-refractivity contribution in [2.75, 3.05) is 0 Å². The van der Waals surface area contributed by atoms with Crippen LogP contribution in [0, 0.1) is 0 Å². The zero-order valence-corrected chi connectivity index (χ0v) is 34.8. The molecule has 0 bridgehead atoms. The van der Waals surface area contributed by atoms with Crippen molar-refractivity contribution in [2.24, 2.45) is 0 Å². The van der Waals surface area contributed by atoms with E-state index < -0.39 is 5.41 Å². The molecule has 1 nitrogen and oxygen atoms in total. The quantitative estimate of drug-likeness (QED) is 0.135. The van der Waals surface area contributed by atoms with Gasteiger partial charge in [0, 0.05) is 22.4 Å². The first-order chi connectivity index (χ1) is 31.3. The Morgan fingerprint density at radius 3 is 1.65 bits per heavy atom. The monoisotopic (exact) mass is 801 g/mol. The summed E-state index contributed by atoms with van der Waals surface area (Å²) in [5.41, 5.74) is 19.5. The highest BCUT2D eigenvalue weighted by Gasteiger charge is 2.46. The molecular weight excluding hydrogens is 759 g/mol. The maximum Gasteiger partial charge on any atom is 0.0713 e. The molecule has 1 aliphatic carbocycles. The average Bonchev–Trinajstić information content (AvgIpc) is 3.85. The number of para-hydroxylation sites is 2. The molecule has 296 valence electrons. The minimum absolute atomic E-state index is 0.0234. The summed E-state index contributed by atoms with van der Waals surface area (Å²) in [7, 11) is 0. The maximum absolute atomic E-state index is 2.53. The number of rotatable bonds is 8. The number of nitrogens with zero attached hydrogens (tertiary/aromatic N) is 1. The predicted molar refractivity (Wildman–Crippen MR) is 263 cm³/mol. The van der Waals surface area contributed by atoms with Crippen LogP contribution in [0.4, 0.5) is 0 Å². The minimum Gasteiger partial charge on any atom is -0.309 e. The first-order valence-electron chi connectivity index (χ1n) is 22.0. The Balaban J connectivity index is 1.02. The molecule has 63 heavy (non-hydrogen) atoms. The smallest absolute Gasteiger partial charge is 0.0713 e. The summed E-state index contributed by atoms with van der Waals surface area (Å²) in [6.45, 7) is 0. The Bertz CT molecular complexity index is 3400. The van der Waals surface area contributed by atoms with Crippen LogP contribution in [0.5, 0.6) is 0 Å². The third-order valence-corrected chi connectivity index (χ3v) is 13.4. The van der Waals surface area contributed by atoms with E-state index in [-0.39, 0.29) is 5.92 Å². The summed E-state index contributed by atoms with van der Waals surface area (Å²) in [5.74, 6) is -0.0234. The molecule has 0 saturated heterocycles. The number of hydrogen-bond acceptors (Lipinski definition) is 0. The Labute approximate surface area is 368 Å². The lowest BCUT2D eigenvalue weighted by Crippen LogP contribution is -2.28. The fraction of sp³-hybridized carbons (Fsp3) is 0.0323.